The van der Waals surface area contributed by atoms with Crippen LogP contribution in [-0.2, 0) is 6.61 Å². The molecule has 0 saturated carbocycles. The Balaban J connectivity index is 1.54. The molecule has 170 valence electrons. The molecule has 5 aromatic rings. The van der Waals surface area contributed by atoms with Crippen LogP contribution in [0.5, 0.6) is 11.5 Å². The normalized spacial score (nSPS) is 10.6. The zero-order valence-corrected chi connectivity index (χ0v) is 19.2. The van der Waals surface area contributed by atoms with Gasteiger partial charge in [0, 0.05) is 17.3 Å². The van der Waals surface area contributed by atoms with Crippen LogP contribution in [0.25, 0.3) is 33.0 Å². The van der Waals surface area contributed by atoms with Crippen molar-refractivity contribution in [3.05, 3.63) is 108 Å². The van der Waals surface area contributed by atoms with E-state index < -0.39 is 0 Å². The topological polar surface area (TPSA) is 81.2 Å². The maximum absolute atomic E-state index is 9.88. The fraction of sp³-hybridized carbons (Fsp3) is 0.0667. The number of nitrogens with zero attached hydrogens (tertiary/aromatic N) is 2. The molecule has 5 nitrogen and oxygen atoms in total. The van der Waals surface area contributed by atoms with Crippen molar-refractivity contribution in [3.8, 4) is 39.8 Å². The molecule has 5 heteroatoms. The van der Waals surface area contributed by atoms with Crippen molar-refractivity contribution in [1.29, 1.82) is 5.26 Å². The van der Waals surface area contributed by atoms with Gasteiger partial charge in [-0.1, -0.05) is 78.9 Å². The Morgan fingerprint density at radius 2 is 1.63 bits per heavy atom. The number of rotatable bonds is 6. The van der Waals surface area contributed by atoms with E-state index in [2.05, 4.69) is 35.3 Å². The maximum Gasteiger partial charge on any atom is 0.161 e. The Labute approximate surface area is 204 Å². The molecule has 1 heterocycles. The SMILES string of the molecule is COc1cc(-c2c(-c3ccccc3)cnc(N)c2C#N)ccc1OCc1cccc2ccccc12. The monoisotopic (exact) mass is 457 g/mol. The summed E-state index contributed by atoms with van der Waals surface area (Å²) in [7, 11) is 1.61. The highest BCUT2D eigenvalue weighted by atomic mass is 16.5. The Hall–Kier alpha value is -4.82. The third kappa shape index (κ3) is 4.25. The highest BCUT2D eigenvalue weighted by Gasteiger charge is 2.18. The molecule has 0 atom stereocenters. The molecule has 4 aromatic carbocycles. The van der Waals surface area contributed by atoms with Gasteiger partial charge in [-0.05, 0) is 39.6 Å². The van der Waals surface area contributed by atoms with Crippen molar-refractivity contribution in [3.63, 3.8) is 0 Å². The molecule has 0 aliphatic rings. The zero-order chi connectivity index (χ0) is 24.2. The lowest BCUT2D eigenvalue weighted by atomic mass is 9.92. The number of nitrogen functional groups attached to an aromatic ring is 1. The first-order chi connectivity index (χ1) is 17.2. The number of aromatic nitrogens is 1. The molecule has 0 spiro atoms. The van der Waals surface area contributed by atoms with Crippen molar-refractivity contribution < 1.29 is 9.47 Å². The van der Waals surface area contributed by atoms with Crippen molar-refractivity contribution in [2.75, 3.05) is 12.8 Å². The molecular weight excluding hydrogens is 434 g/mol. The number of benzene rings is 4. The van der Waals surface area contributed by atoms with E-state index in [1.54, 1.807) is 13.3 Å². The molecule has 0 saturated heterocycles. The van der Waals surface area contributed by atoms with Crippen molar-refractivity contribution >= 4 is 16.6 Å². The van der Waals surface area contributed by atoms with Crippen molar-refractivity contribution in [2.24, 2.45) is 0 Å². The first-order valence-corrected chi connectivity index (χ1v) is 11.2. The third-order valence-corrected chi connectivity index (χ3v) is 6.02. The van der Waals surface area contributed by atoms with Gasteiger partial charge in [-0.15, -0.1) is 0 Å². The molecule has 0 aliphatic heterocycles. The molecule has 0 bridgehead atoms. The Morgan fingerprint density at radius 1 is 0.857 bits per heavy atom. The highest BCUT2D eigenvalue weighted by Crippen LogP contribution is 2.40. The van der Waals surface area contributed by atoms with Crippen LogP contribution in [0.3, 0.4) is 0 Å². The summed E-state index contributed by atoms with van der Waals surface area (Å²) in [6, 6.07) is 32.1. The molecule has 0 amide bonds. The smallest absolute Gasteiger partial charge is 0.161 e. The minimum absolute atomic E-state index is 0.192. The number of methoxy groups -OCH3 is 1. The van der Waals surface area contributed by atoms with Crippen LogP contribution >= 0.6 is 0 Å². The zero-order valence-electron chi connectivity index (χ0n) is 19.2. The standard InChI is InChI=1S/C30H23N3O2/c1-34-28-16-22(29-25(17-31)30(32)33-18-26(29)21-8-3-2-4-9-21)14-15-27(28)35-19-23-12-7-11-20-10-5-6-13-24(20)23/h2-16,18H,19H2,1H3,(H2,32,33). The van der Waals surface area contributed by atoms with Gasteiger partial charge in [0.15, 0.2) is 11.5 Å². The number of pyridine rings is 1. The summed E-state index contributed by atoms with van der Waals surface area (Å²) in [5, 5.41) is 12.2. The van der Waals surface area contributed by atoms with Crippen LogP contribution in [0.1, 0.15) is 11.1 Å². The highest BCUT2D eigenvalue weighted by molar-refractivity contribution is 5.90. The van der Waals surface area contributed by atoms with Gasteiger partial charge in [0.05, 0.1) is 7.11 Å². The van der Waals surface area contributed by atoms with Gasteiger partial charge in [-0.2, -0.15) is 5.26 Å². The van der Waals surface area contributed by atoms with Gasteiger partial charge < -0.3 is 15.2 Å². The van der Waals surface area contributed by atoms with Crippen LogP contribution in [0.2, 0.25) is 0 Å². The second-order valence-electron chi connectivity index (χ2n) is 8.08. The summed E-state index contributed by atoms with van der Waals surface area (Å²) in [4.78, 5) is 4.26. The molecule has 0 radical (unpaired) electrons. The van der Waals surface area contributed by atoms with Crippen molar-refractivity contribution in [1.82, 2.24) is 4.98 Å². The number of fused-ring (bicyclic) bond motifs is 1. The lowest BCUT2D eigenvalue weighted by Gasteiger charge is -2.16. The predicted octanol–water partition coefficient (Wildman–Crippen LogP) is 6.61. The van der Waals surface area contributed by atoms with E-state index in [4.69, 9.17) is 15.2 Å². The number of anilines is 1. The molecule has 2 N–H and O–H groups in total. The summed E-state index contributed by atoms with van der Waals surface area (Å²) in [6.07, 6.45) is 1.71. The van der Waals surface area contributed by atoms with Crippen LogP contribution in [0.15, 0.2) is 97.2 Å². The summed E-state index contributed by atoms with van der Waals surface area (Å²) in [6.45, 7) is 0.401. The minimum atomic E-state index is 0.192. The lowest BCUT2D eigenvalue weighted by molar-refractivity contribution is 0.286. The Kier molecular flexibility index (Phi) is 6.02. The minimum Gasteiger partial charge on any atom is -0.493 e. The van der Waals surface area contributed by atoms with Crippen LogP contribution in [0, 0.1) is 11.3 Å². The average Bonchev–Trinajstić information content (AvgIpc) is 2.92. The van der Waals surface area contributed by atoms with Crippen LogP contribution in [0.4, 0.5) is 5.82 Å². The van der Waals surface area contributed by atoms with Gasteiger partial charge in [-0.3, -0.25) is 0 Å². The number of ether oxygens (including phenoxy) is 2. The predicted molar refractivity (Wildman–Crippen MR) is 139 cm³/mol. The number of hydrogen-bond donors (Lipinski definition) is 1. The van der Waals surface area contributed by atoms with E-state index in [0.717, 1.165) is 27.6 Å². The van der Waals surface area contributed by atoms with E-state index in [-0.39, 0.29) is 5.82 Å². The first kappa shape index (κ1) is 22.0. The van der Waals surface area contributed by atoms with Gasteiger partial charge in [-0.25, -0.2) is 4.98 Å². The van der Waals surface area contributed by atoms with Crippen LogP contribution in [-0.4, -0.2) is 12.1 Å². The summed E-state index contributed by atoms with van der Waals surface area (Å²) < 4.78 is 11.9. The molecule has 35 heavy (non-hydrogen) atoms. The van der Waals surface area contributed by atoms with E-state index >= 15 is 0 Å². The fourth-order valence-electron chi connectivity index (χ4n) is 4.29. The Bertz CT molecular complexity index is 1550. The molecule has 1 aromatic heterocycles. The van der Waals surface area contributed by atoms with Gasteiger partial charge in [0.2, 0.25) is 0 Å². The summed E-state index contributed by atoms with van der Waals surface area (Å²) >= 11 is 0. The maximum atomic E-state index is 9.88. The van der Waals surface area contributed by atoms with E-state index in [1.807, 2.05) is 66.7 Å². The quantitative estimate of drug-likeness (QED) is 0.310. The summed E-state index contributed by atoms with van der Waals surface area (Å²) in [5.74, 6) is 1.38. The Morgan fingerprint density at radius 3 is 2.43 bits per heavy atom. The average molecular weight is 458 g/mol. The van der Waals surface area contributed by atoms with Gasteiger partial charge in [0.1, 0.15) is 24.1 Å². The fourth-order valence-corrected chi connectivity index (χ4v) is 4.29. The third-order valence-electron chi connectivity index (χ3n) is 6.02. The van der Waals surface area contributed by atoms with E-state index in [1.165, 1.54) is 5.39 Å². The molecule has 0 fully saturated rings. The largest absolute Gasteiger partial charge is 0.493 e. The number of hydrogen-bond acceptors (Lipinski definition) is 5. The number of nitriles is 1. The van der Waals surface area contributed by atoms with E-state index in [9.17, 15) is 5.26 Å². The molecule has 0 aliphatic carbocycles. The van der Waals surface area contributed by atoms with Crippen LogP contribution < -0.4 is 15.2 Å². The molecular formula is C30H23N3O2. The molecule has 5 rings (SSSR count). The lowest BCUT2D eigenvalue weighted by Crippen LogP contribution is -2.01. The van der Waals surface area contributed by atoms with Gasteiger partial charge in [0.25, 0.3) is 0 Å². The second kappa shape index (κ2) is 9.58. The summed E-state index contributed by atoms with van der Waals surface area (Å²) in [5.41, 5.74) is 10.8. The van der Waals surface area contributed by atoms with Gasteiger partial charge >= 0.3 is 0 Å². The first-order valence-electron chi connectivity index (χ1n) is 11.2. The van der Waals surface area contributed by atoms with Crippen molar-refractivity contribution in [2.45, 2.75) is 6.61 Å². The van der Waals surface area contributed by atoms with E-state index in [0.29, 0.717) is 29.2 Å². The number of nitrogens with two attached hydrogens (primary N) is 1. The molecule has 0 unspecified atom stereocenters. The second-order valence-corrected chi connectivity index (χ2v) is 8.08.